The van der Waals surface area contributed by atoms with Gasteiger partial charge in [-0.25, -0.2) is 0 Å². The number of esters is 1. The third-order valence-corrected chi connectivity index (χ3v) is 5.81. The van der Waals surface area contributed by atoms with Crippen molar-refractivity contribution in [1.82, 2.24) is 15.6 Å². The molecule has 34 heavy (non-hydrogen) atoms. The summed E-state index contributed by atoms with van der Waals surface area (Å²) >= 11 is 0. The fourth-order valence-corrected chi connectivity index (χ4v) is 4.06. The monoisotopic (exact) mass is 463 g/mol. The molecule has 0 spiro atoms. The number of hydrogen-bond acceptors (Lipinski definition) is 4. The van der Waals surface area contributed by atoms with E-state index in [4.69, 9.17) is 4.74 Å². The van der Waals surface area contributed by atoms with Gasteiger partial charge in [0.15, 0.2) is 0 Å². The first-order valence-corrected chi connectivity index (χ1v) is 11.6. The average Bonchev–Trinajstić information content (AvgIpc) is 3.24. The highest BCUT2D eigenvalue weighted by molar-refractivity contribution is 5.91. The Morgan fingerprint density at radius 2 is 1.68 bits per heavy atom. The van der Waals surface area contributed by atoms with Crippen LogP contribution in [0.4, 0.5) is 0 Å². The Balaban J connectivity index is 1.79. The minimum atomic E-state index is -0.789. The molecule has 0 saturated carbocycles. The number of H-pyrrole nitrogens is 1. The molecule has 0 bridgehead atoms. The fraction of sp³-hybridized carbons (Fsp3) is 0.370. The van der Waals surface area contributed by atoms with E-state index >= 15 is 0 Å². The van der Waals surface area contributed by atoms with Gasteiger partial charge in [-0.15, -0.1) is 0 Å². The first-order valence-electron chi connectivity index (χ1n) is 11.6. The predicted octanol–water partition coefficient (Wildman–Crippen LogP) is 3.74. The molecule has 0 saturated heterocycles. The SMILES string of the molecule is COC(=O)C[C@@H](CC(C)C)C(=O)N[C@@H](Cc1c[nH]c2ccccc12)C(=O)NCc1ccccc1. The van der Waals surface area contributed by atoms with Crippen molar-refractivity contribution < 1.29 is 19.1 Å². The van der Waals surface area contributed by atoms with Crippen LogP contribution in [0.2, 0.25) is 0 Å². The van der Waals surface area contributed by atoms with Crippen molar-refractivity contribution in [2.24, 2.45) is 11.8 Å². The molecule has 0 aliphatic heterocycles. The molecule has 2 amide bonds. The Hall–Kier alpha value is -3.61. The van der Waals surface area contributed by atoms with E-state index in [0.717, 1.165) is 22.0 Å². The lowest BCUT2D eigenvalue weighted by Crippen LogP contribution is -2.49. The van der Waals surface area contributed by atoms with Crippen LogP contribution < -0.4 is 10.6 Å². The molecule has 7 heteroatoms. The summed E-state index contributed by atoms with van der Waals surface area (Å²) < 4.78 is 4.78. The van der Waals surface area contributed by atoms with Crippen molar-refractivity contribution in [2.45, 2.75) is 45.7 Å². The van der Waals surface area contributed by atoms with E-state index < -0.39 is 17.9 Å². The number of rotatable bonds is 11. The van der Waals surface area contributed by atoms with E-state index in [1.165, 1.54) is 7.11 Å². The zero-order chi connectivity index (χ0) is 24.5. The number of para-hydroxylation sites is 1. The Morgan fingerprint density at radius 1 is 0.971 bits per heavy atom. The number of carbonyl (C=O) groups is 3. The van der Waals surface area contributed by atoms with Crippen molar-refractivity contribution in [2.75, 3.05) is 7.11 Å². The van der Waals surface area contributed by atoms with Crippen LogP contribution in [0.25, 0.3) is 10.9 Å². The summed E-state index contributed by atoms with van der Waals surface area (Å²) in [5.74, 6) is -1.40. The van der Waals surface area contributed by atoms with Crippen molar-refractivity contribution in [3.63, 3.8) is 0 Å². The molecule has 0 aliphatic carbocycles. The molecule has 0 aliphatic rings. The highest BCUT2D eigenvalue weighted by Gasteiger charge is 2.29. The van der Waals surface area contributed by atoms with Gasteiger partial charge in [-0.05, 0) is 29.5 Å². The van der Waals surface area contributed by atoms with Gasteiger partial charge >= 0.3 is 5.97 Å². The Morgan fingerprint density at radius 3 is 2.38 bits per heavy atom. The van der Waals surface area contributed by atoms with Gasteiger partial charge in [-0.2, -0.15) is 0 Å². The van der Waals surface area contributed by atoms with Crippen LogP contribution in [-0.4, -0.2) is 35.9 Å². The maximum absolute atomic E-state index is 13.2. The molecule has 1 aromatic heterocycles. The molecule has 3 N–H and O–H groups in total. The van der Waals surface area contributed by atoms with Crippen LogP contribution >= 0.6 is 0 Å². The van der Waals surface area contributed by atoms with Crippen LogP contribution in [0.5, 0.6) is 0 Å². The molecule has 7 nitrogen and oxygen atoms in total. The molecule has 0 fully saturated rings. The summed E-state index contributed by atoms with van der Waals surface area (Å²) in [5, 5.41) is 6.86. The second-order valence-corrected chi connectivity index (χ2v) is 8.93. The van der Waals surface area contributed by atoms with E-state index in [-0.39, 0.29) is 24.2 Å². The number of nitrogens with one attached hydrogen (secondary N) is 3. The van der Waals surface area contributed by atoms with Gasteiger partial charge in [0.1, 0.15) is 6.04 Å². The van der Waals surface area contributed by atoms with E-state index in [1.54, 1.807) is 0 Å². The molecule has 3 aromatic rings. The third-order valence-electron chi connectivity index (χ3n) is 5.81. The number of ether oxygens (including phenoxy) is 1. The summed E-state index contributed by atoms with van der Waals surface area (Å²) in [5.41, 5.74) is 2.87. The van der Waals surface area contributed by atoms with Gasteiger partial charge in [0.2, 0.25) is 11.8 Å². The topological polar surface area (TPSA) is 100 Å². The Bertz CT molecular complexity index is 1110. The number of hydrogen-bond donors (Lipinski definition) is 3. The number of benzene rings is 2. The largest absolute Gasteiger partial charge is 0.469 e. The maximum atomic E-state index is 13.2. The van der Waals surface area contributed by atoms with E-state index in [9.17, 15) is 14.4 Å². The van der Waals surface area contributed by atoms with Gasteiger partial charge in [-0.1, -0.05) is 62.4 Å². The molecule has 2 aromatic carbocycles. The Labute approximate surface area is 200 Å². The summed E-state index contributed by atoms with van der Waals surface area (Å²) in [6, 6.07) is 16.7. The van der Waals surface area contributed by atoms with Crippen LogP contribution in [0.1, 0.15) is 37.8 Å². The first kappa shape index (κ1) is 25.0. The zero-order valence-corrected chi connectivity index (χ0v) is 20.0. The molecular weight excluding hydrogens is 430 g/mol. The van der Waals surface area contributed by atoms with Crippen molar-refractivity contribution >= 4 is 28.7 Å². The minimum Gasteiger partial charge on any atom is -0.469 e. The highest BCUT2D eigenvalue weighted by atomic mass is 16.5. The molecule has 180 valence electrons. The lowest BCUT2D eigenvalue weighted by atomic mass is 9.92. The molecule has 0 radical (unpaired) electrons. The first-order chi connectivity index (χ1) is 16.4. The molecule has 3 rings (SSSR count). The predicted molar refractivity (Wildman–Crippen MR) is 132 cm³/mol. The van der Waals surface area contributed by atoms with Crippen molar-refractivity contribution in [1.29, 1.82) is 0 Å². The number of carbonyl (C=O) groups excluding carboxylic acids is 3. The van der Waals surface area contributed by atoms with Gasteiger partial charge in [-0.3, -0.25) is 14.4 Å². The van der Waals surface area contributed by atoms with Crippen LogP contribution in [0, 0.1) is 11.8 Å². The van der Waals surface area contributed by atoms with E-state index in [2.05, 4.69) is 15.6 Å². The quantitative estimate of drug-likeness (QED) is 0.377. The lowest BCUT2D eigenvalue weighted by Gasteiger charge is -2.23. The van der Waals surface area contributed by atoms with Crippen LogP contribution in [-0.2, 0) is 32.1 Å². The number of methoxy groups -OCH3 is 1. The standard InChI is InChI=1S/C27H33N3O4/c1-18(2)13-20(15-25(31)34-3)26(32)30-24(27(33)29-16-19-9-5-4-6-10-19)14-21-17-28-23-12-8-7-11-22(21)23/h4-12,17-18,20,24,28H,13-16H2,1-3H3,(H,29,33)(H,30,32)/t20-,24+/m1/s1. The number of amides is 2. The molecular formula is C27H33N3O4. The normalized spacial score (nSPS) is 12.8. The van der Waals surface area contributed by atoms with Gasteiger partial charge in [0.05, 0.1) is 13.5 Å². The number of aromatic amines is 1. The van der Waals surface area contributed by atoms with Gasteiger partial charge in [0.25, 0.3) is 0 Å². The smallest absolute Gasteiger partial charge is 0.306 e. The summed E-state index contributed by atoms with van der Waals surface area (Å²) in [7, 11) is 1.31. The van der Waals surface area contributed by atoms with Crippen molar-refractivity contribution in [3.8, 4) is 0 Å². The third kappa shape index (κ3) is 6.94. The van der Waals surface area contributed by atoms with Gasteiger partial charge < -0.3 is 20.4 Å². The lowest BCUT2D eigenvalue weighted by molar-refractivity contribution is -0.144. The highest BCUT2D eigenvalue weighted by Crippen LogP contribution is 2.21. The van der Waals surface area contributed by atoms with Crippen LogP contribution in [0.3, 0.4) is 0 Å². The zero-order valence-electron chi connectivity index (χ0n) is 20.0. The van der Waals surface area contributed by atoms with Crippen molar-refractivity contribution in [3.05, 3.63) is 71.9 Å². The summed E-state index contributed by atoms with van der Waals surface area (Å²) in [6.45, 7) is 4.35. The summed E-state index contributed by atoms with van der Waals surface area (Å²) in [6.07, 6.45) is 2.69. The van der Waals surface area contributed by atoms with Crippen LogP contribution in [0.15, 0.2) is 60.8 Å². The van der Waals surface area contributed by atoms with E-state index in [0.29, 0.717) is 19.4 Å². The minimum absolute atomic E-state index is 0.0219. The molecule has 0 unspecified atom stereocenters. The Kier molecular flexibility index (Phi) is 8.85. The molecule has 2 atom stereocenters. The average molecular weight is 464 g/mol. The fourth-order valence-electron chi connectivity index (χ4n) is 4.06. The molecule has 1 heterocycles. The number of fused-ring (bicyclic) bond motifs is 1. The second-order valence-electron chi connectivity index (χ2n) is 8.93. The maximum Gasteiger partial charge on any atom is 0.306 e. The summed E-state index contributed by atoms with van der Waals surface area (Å²) in [4.78, 5) is 41.5. The number of aromatic nitrogens is 1. The van der Waals surface area contributed by atoms with E-state index in [1.807, 2.05) is 74.6 Å². The second kappa shape index (κ2) is 12.0. The van der Waals surface area contributed by atoms with Gasteiger partial charge in [0, 0.05) is 36.0 Å².